The van der Waals surface area contributed by atoms with Gasteiger partial charge in [0.05, 0.1) is 4.90 Å². The molecule has 1 aliphatic rings. The van der Waals surface area contributed by atoms with Gasteiger partial charge < -0.3 is 5.32 Å². The maximum atomic E-state index is 12.7. The average molecular weight is 372 g/mol. The first kappa shape index (κ1) is 18.6. The molecule has 2 aromatic carbocycles. The lowest BCUT2D eigenvalue weighted by molar-refractivity contribution is 0.0951. The molecule has 1 fully saturated rings. The highest BCUT2D eigenvalue weighted by atomic mass is 32.2. The van der Waals surface area contributed by atoms with Crippen molar-refractivity contribution in [1.82, 2.24) is 9.62 Å². The Labute approximate surface area is 155 Å². The molecule has 0 saturated carbocycles. The van der Waals surface area contributed by atoms with Crippen LogP contribution >= 0.6 is 0 Å². The molecule has 1 aliphatic heterocycles. The van der Waals surface area contributed by atoms with Crippen LogP contribution < -0.4 is 5.32 Å². The Morgan fingerprint density at radius 2 is 1.77 bits per heavy atom. The molecule has 0 aromatic heterocycles. The molecule has 1 saturated heterocycles. The molecular weight excluding hydrogens is 348 g/mol. The van der Waals surface area contributed by atoms with Crippen LogP contribution in [-0.2, 0) is 10.0 Å². The van der Waals surface area contributed by atoms with Crippen LogP contribution in [0.1, 0.15) is 41.6 Å². The Hall–Kier alpha value is -2.18. The van der Waals surface area contributed by atoms with Crippen molar-refractivity contribution in [1.29, 1.82) is 0 Å². The van der Waals surface area contributed by atoms with E-state index in [4.69, 9.17) is 0 Å². The van der Waals surface area contributed by atoms with Crippen LogP contribution in [0.2, 0.25) is 0 Å². The first-order valence-corrected chi connectivity index (χ1v) is 10.4. The third kappa shape index (κ3) is 4.14. The summed E-state index contributed by atoms with van der Waals surface area (Å²) in [6, 6.07) is 16.2. The van der Waals surface area contributed by atoms with Gasteiger partial charge in [-0.2, -0.15) is 4.31 Å². The van der Waals surface area contributed by atoms with Crippen molar-refractivity contribution in [2.45, 2.75) is 30.6 Å². The van der Waals surface area contributed by atoms with Gasteiger partial charge in [0.25, 0.3) is 5.91 Å². The molecular formula is C20H24N2O3S. The van der Waals surface area contributed by atoms with E-state index in [1.54, 1.807) is 18.2 Å². The highest BCUT2D eigenvalue weighted by molar-refractivity contribution is 7.89. The summed E-state index contributed by atoms with van der Waals surface area (Å²) in [6.07, 6.45) is 1.77. The average Bonchev–Trinajstić information content (AvgIpc) is 3.22. The molecule has 0 radical (unpaired) electrons. The maximum Gasteiger partial charge on any atom is 0.251 e. The van der Waals surface area contributed by atoms with Gasteiger partial charge in [-0.3, -0.25) is 4.79 Å². The molecule has 5 nitrogen and oxygen atoms in total. The van der Waals surface area contributed by atoms with Gasteiger partial charge >= 0.3 is 0 Å². The topological polar surface area (TPSA) is 66.5 Å². The fourth-order valence-electron chi connectivity index (χ4n) is 3.12. The second-order valence-electron chi connectivity index (χ2n) is 6.66. The third-order valence-corrected chi connectivity index (χ3v) is 6.63. The normalized spacial score (nSPS) is 16.3. The number of hydrogen-bond donors (Lipinski definition) is 1. The Bertz CT molecular complexity index is 860. The molecule has 0 bridgehead atoms. The van der Waals surface area contributed by atoms with Gasteiger partial charge in [0.15, 0.2) is 0 Å². The van der Waals surface area contributed by atoms with Crippen LogP contribution in [0.25, 0.3) is 0 Å². The van der Waals surface area contributed by atoms with E-state index in [1.807, 2.05) is 37.3 Å². The minimum atomic E-state index is -3.52. The molecule has 1 heterocycles. The summed E-state index contributed by atoms with van der Waals surface area (Å²) < 4.78 is 26.8. The number of amides is 1. The maximum absolute atomic E-state index is 12.7. The number of nitrogens with zero attached hydrogens (tertiary/aromatic N) is 1. The summed E-state index contributed by atoms with van der Waals surface area (Å²) in [4.78, 5) is 12.6. The summed E-state index contributed by atoms with van der Waals surface area (Å²) in [5, 5.41) is 2.90. The molecule has 1 N–H and O–H groups in total. The van der Waals surface area contributed by atoms with Gasteiger partial charge in [0, 0.05) is 25.2 Å². The number of carbonyl (C=O) groups excluding carboxylic acids is 1. The lowest BCUT2D eigenvalue weighted by Crippen LogP contribution is -2.29. The molecule has 2 aromatic rings. The summed E-state index contributed by atoms with van der Waals surface area (Å²) in [5.74, 6) is -0.0806. The second kappa shape index (κ2) is 8.01. The van der Waals surface area contributed by atoms with Crippen molar-refractivity contribution >= 4 is 15.9 Å². The van der Waals surface area contributed by atoms with E-state index in [9.17, 15) is 13.2 Å². The standard InChI is InChI=1S/C20H24N2O3S/c1-16(17-8-3-2-4-9-17)15-21-20(23)18-10-7-11-19(14-18)26(24,25)22-12-5-6-13-22/h2-4,7-11,14,16H,5-6,12-13,15H2,1H3,(H,21,23). The number of nitrogens with one attached hydrogen (secondary N) is 1. The van der Waals surface area contributed by atoms with E-state index in [2.05, 4.69) is 5.32 Å². The molecule has 1 amide bonds. The summed E-state index contributed by atoms with van der Waals surface area (Å²) in [6.45, 7) is 3.64. The Balaban J connectivity index is 1.68. The van der Waals surface area contributed by atoms with Gasteiger partial charge in [0.1, 0.15) is 0 Å². The van der Waals surface area contributed by atoms with Gasteiger partial charge in [0.2, 0.25) is 10.0 Å². The lowest BCUT2D eigenvalue weighted by atomic mass is 10.0. The van der Waals surface area contributed by atoms with Crippen molar-refractivity contribution in [3.63, 3.8) is 0 Å². The second-order valence-corrected chi connectivity index (χ2v) is 8.60. The minimum Gasteiger partial charge on any atom is -0.351 e. The quantitative estimate of drug-likeness (QED) is 0.848. The number of hydrogen-bond acceptors (Lipinski definition) is 3. The molecule has 1 unspecified atom stereocenters. The SMILES string of the molecule is CC(CNC(=O)c1cccc(S(=O)(=O)N2CCCC2)c1)c1ccccc1. The number of rotatable bonds is 6. The van der Waals surface area contributed by atoms with Gasteiger partial charge in [-0.1, -0.05) is 43.3 Å². The van der Waals surface area contributed by atoms with E-state index in [0.29, 0.717) is 25.2 Å². The highest BCUT2D eigenvalue weighted by Crippen LogP contribution is 2.21. The summed E-state index contributed by atoms with van der Waals surface area (Å²) >= 11 is 0. The molecule has 26 heavy (non-hydrogen) atoms. The fourth-order valence-corrected chi connectivity index (χ4v) is 4.69. The smallest absolute Gasteiger partial charge is 0.251 e. The Morgan fingerprint density at radius 3 is 2.46 bits per heavy atom. The van der Waals surface area contributed by atoms with E-state index in [1.165, 1.54) is 10.4 Å². The van der Waals surface area contributed by atoms with Crippen LogP contribution in [-0.4, -0.2) is 38.3 Å². The molecule has 138 valence electrons. The minimum absolute atomic E-state index is 0.177. The van der Waals surface area contributed by atoms with Crippen LogP contribution in [0.5, 0.6) is 0 Å². The van der Waals surface area contributed by atoms with Crippen molar-refractivity contribution < 1.29 is 13.2 Å². The lowest BCUT2D eigenvalue weighted by Gasteiger charge is -2.16. The molecule has 3 rings (SSSR count). The molecule has 0 aliphatic carbocycles. The van der Waals surface area contributed by atoms with Crippen molar-refractivity contribution in [2.24, 2.45) is 0 Å². The summed E-state index contributed by atoms with van der Waals surface area (Å²) in [5.41, 5.74) is 1.52. The van der Waals surface area contributed by atoms with E-state index >= 15 is 0 Å². The van der Waals surface area contributed by atoms with Gasteiger partial charge in [-0.25, -0.2) is 8.42 Å². The largest absolute Gasteiger partial charge is 0.351 e. The van der Waals surface area contributed by atoms with Crippen molar-refractivity contribution in [3.05, 3.63) is 65.7 Å². The number of carbonyl (C=O) groups is 1. The van der Waals surface area contributed by atoms with E-state index in [0.717, 1.165) is 18.4 Å². The van der Waals surface area contributed by atoms with Gasteiger partial charge in [-0.15, -0.1) is 0 Å². The first-order chi connectivity index (χ1) is 12.5. The van der Waals surface area contributed by atoms with Crippen LogP contribution in [0.4, 0.5) is 0 Å². The zero-order valence-electron chi connectivity index (χ0n) is 14.9. The first-order valence-electron chi connectivity index (χ1n) is 8.92. The van der Waals surface area contributed by atoms with E-state index < -0.39 is 10.0 Å². The zero-order valence-corrected chi connectivity index (χ0v) is 15.7. The summed E-state index contributed by atoms with van der Waals surface area (Å²) in [7, 11) is -3.52. The number of sulfonamides is 1. The zero-order chi connectivity index (χ0) is 18.6. The van der Waals surface area contributed by atoms with Gasteiger partial charge in [-0.05, 0) is 42.5 Å². The number of benzene rings is 2. The molecule has 6 heteroatoms. The Morgan fingerprint density at radius 1 is 1.08 bits per heavy atom. The van der Waals surface area contributed by atoms with E-state index in [-0.39, 0.29) is 16.7 Å². The fraction of sp³-hybridized carbons (Fsp3) is 0.350. The van der Waals surface area contributed by atoms with Crippen LogP contribution in [0.15, 0.2) is 59.5 Å². The highest BCUT2D eigenvalue weighted by Gasteiger charge is 2.27. The van der Waals surface area contributed by atoms with Crippen molar-refractivity contribution in [2.75, 3.05) is 19.6 Å². The third-order valence-electron chi connectivity index (χ3n) is 4.74. The van der Waals surface area contributed by atoms with Crippen molar-refractivity contribution in [3.8, 4) is 0 Å². The van der Waals surface area contributed by atoms with Crippen LogP contribution in [0.3, 0.4) is 0 Å². The monoisotopic (exact) mass is 372 g/mol. The predicted molar refractivity (Wildman–Crippen MR) is 102 cm³/mol. The predicted octanol–water partition coefficient (Wildman–Crippen LogP) is 3.00. The van der Waals surface area contributed by atoms with Crippen LogP contribution in [0, 0.1) is 0 Å². The molecule has 1 atom stereocenters. The molecule has 0 spiro atoms. The Kier molecular flexibility index (Phi) is 5.74.